The topological polar surface area (TPSA) is 66.8 Å². The maximum atomic E-state index is 12.2. The highest BCUT2D eigenvalue weighted by Crippen LogP contribution is 2.50. The molecule has 2 saturated carbocycles. The predicted octanol–water partition coefficient (Wildman–Crippen LogP) is 5.76. The molecule has 4 heteroatoms. The number of ether oxygens (including phenoxy) is 1. The predicted molar refractivity (Wildman–Crippen MR) is 136 cm³/mol. The minimum absolute atomic E-state index is 0.0828. The average molecular weight is 465 g/mol. The van der Waals surface area contributed by atoms with Gasteiger partial charge in [-0.3, -0.25) is 4.79 Å². The zero-order valence-corrected chi connectivity index (χ0v) is 20.8. The summed E-state index contributed by atoms with van der Waals surface area (Å²) in [6.45, 7) is 5.72. The van der Waals surface area contributed by atoms with E-state index in [1.165, 1.54) is 5.57 Å². The van der Waals surface area contributed by atoms with E-state index < -0.39 is 6.10 Å². The maximum Gasteiger partial charge on any atom is 0.306 e. The largest absolute Gasteiger partial charge is 0.458 e. The van der Waals surface area contributed by atoms with Gasteiger partial charge in [0.15, 0.2) is 0 Å². The van der Waals surface area contributed by atoms with Crippen molar-refractivity contribution in [3.8, 4) is 11.8 Å². The first-order valence-corrected chi connectivity index (χ1v) is 12.8. The molecule has 0 saturated heterocycles. The second-order valence-corrected chi connectivity index (χ2v) is 9.99. The zero-order chi connectivity index (χ0) is 24.5. The molecule has 2 aliphatic rings. The van der Waals surface area contributed by atoms with Gasteiger partial charge < -0.3 is 14.9 Å². The molecular weight excluding hydrogens is 424 g/mol. The van der Waals surface area contributed by atoms with Gasteiger partial charge in [0.25, 0.3) is 0 Å². The number of carbonyl (C=O) groups excluding carboxylic acids is 1. The molecule has 0 heterocycles. The smallest absolute Gasteiger partial charge is 0.306 e. The van der Waals surface area contributed by atoms with Crippen LogP contribution in [0.2, 0.25) is 0 Å². The number of rotatable bonds is 10. The van der Waals surface area contributed by atoms with E-state index in [4.69, 9.17) is 4.74 Å². The van der Waals surface area contributed by atoms with Crippen molar-refractivity contribution in [3.63, 3.8) is 0 Å². The molecule has 0 spiro atoms. The van der Waals surface area contributed by atoms with Crippen LogP contribution in [0.25, 0.3) is 0 Å². The van der Waals surface area contributed by atoms with Crippen LogP contribution >= 0.6 is 0 Å². The van der Waals surface area contributed by atoms with Gasteiger partial charge in [0, 0.05) is 18.8 Å². The lowest BCUT2D eigenvalue weighted by Crippen LogP contribution is -2.19. The highest BCUT2D eigenvalue weighted by Gasteiger charge is 2.45. The first-order valence-electron chi connectivity index (χ1n) is 12.8. The van der Waals surface area contributed by atoms with E-state index in [9.17, 15) is 15.0 Å². The van der Waals surface area contributed by atoms with Gasteiger partial charge in [-0.1, -0.05) is 61.1 Å². The Balaban J connectivity index is 1.43. The molecule has 184 valence electrons. The fourth-order valence-electron chi connectivity index (χ4n) is 5.36. The minimum atomic E-state index is -0.534. The normalized spacial score (nSPS) is 27.7. The van der Waals surface area contributed by atoms with E-state index in [-0.39, 0.29) is 30.0 Å². The molecule has 2 N–H and O–H groups in total. The quantitative estimate of drug-likeness (QED) is 0.200. The fourth-order valence-corrected chi connectivity index (χ4v) is 5.36. The zero-order valence-electron chi connectivity index (χ0n) is 20.8. The summed E-state index contributed by atoms with van der Waals surface area (Å²) < 4.78 is 5.56. The summed E-state index contributed by atoms with van der Waals surface area (Å²) >= 11 is 0. The number of unbranched alkanes of at least 4 members (excludes halogenated alkanes) is 1. The van der Waals surface area contributed by atoms with Crippen LogP contribution in [0.4, 0.5) is 0 Å². The Kier molecular flexibility index (Phi) is 9.99. The molecular formula is C30H40O4. The van der Waals surface area contributed by atoms with Crippen LogP contribution in [-0.2, 0) is 9.53 Å². The van der Waals surface area contributed by atoms with Gasteiger partial charge in [0.2, 0.25) is 0 Å². The monoisotopic (exact) mass is 464 g/mol. The van der Waals surface area contributed by atoms with Crippen LogP contribution < -0.4 is 0 Å². The molecule has 0 amide bonds. The van der Waals surface area contributed by atoms with E-state index in [0.29, 0.717) is 24.7 Å². The van der Waals surface area contributed by atoms with Crippen LogP contribution in [0.3, 0.4) is 0 Å². The molecule has 0 aliphatic heterocycles. The van der Waals surface area contributed by atoms with Gasteiger partial charge in [0.05, 0.1) is 12.2 Å². The molecule has 0 aromatic heterocycles. The van der Waals surface area contributed by atoms with Gasteiger partial charge in [0.1, 0.15) is 6.10 Å². The van der Waals surface area contributed by atoms with Crippen molar-refractivity contribution in [1.29, 1.82) is 0 Å². The van der Waals surface area contributed by atoms with Crippen LogP contribution in [-0.4, -0.2) is 28.4 Å². The van der Waals surface area contributed by atoms with E-state index in [0.717, 1.165) is 37.7 Å². The summed E-state index contributed by atoms with van der Waals surface area (Å²) in [5.74, 6) is 6.88. The number of benzene rings is 1. The van der Waals surface area contributed by atoms with Crippen LogP contribution in [0.15, 0.2) is 54.1 Å². The third kappa shape index (κ3) is 7.32. The van der Waals surface area contributed by atoms with Crippen molar-refractivity contribution >= 4 is 5.97 Å². The van der Waals surface area contributed by atoms with E-state index >= 15 is 0 Å². The van der Waals surface area contributed by atoms with Crippen LogP contribution in [0, 0.1) is 35.5 Å². The summed E-state index contributed by atoms with van der Waals surface area (Å²) in [5.41, 5.74) is 2.45. The average Bonchev–Trinajstić information content (AvgIpc) is 3.35. The van der Waals surface area contributed by atoms with E-state index in [1.54, 1.807) is 0 Å². The molecule has 7 unspecified atom stereocenters. The van der Waals surface area contributed by atoms with Crippen LogP contribution in [0.5, 0.6) is 0 Å². The van der Waals surface area contributed by atoms with Crippen molar-refractivity contribution in [1.82, 2.24) is 0 Å². The van der Waals surface area contributed by atoms with Crippen molar-refractivity contribution < 1.29 is 19.7 Å². The Hall–Kier alpha value is -2.35. The minimum Gasteiger partial charge on any atom is -0.458 e. The maximum absolute atomic E-state index is 12.2. The molecule has 34 heavy (non-hydrogen) atoms. The summed E-state index contributed by atoms with van der Waals surface area (Å²) in [6, 6.07) is 9.81. The van der Waals surface area contributed by atoms with Gasteiger partial charge in [-0.05, 0) is 69.3 Å². The molecule has 4 nitrogen and oxygen atoms in total. The fraction of sp³-hybridized carbons (Fsp3) is 0.567. The Morgan fingerprint density at radius 2 is 2.00 bits per heavy atom. The molecule has 1 aromatic carbocycles. The lowest BCUT2D eigenvalue weighted by molar-refractivity contribution is -0.148. The second kappa shape index (κ2) is 12.9. The van der Waals surface area contributed by atoms with Crippen molar-refractivity contribution in [2.24, 2.45) is 23.7 Å². The Morgan fingerprint density at radius 1 is 1.24 bits per heavy atom. The van der Waals surface area contributed by atoms with Crippen molar-refractivity contribution in [2.75, 3.05) is 0 Å². The SMILES string of the molecule is CC#CCC(C)C(O)C=CC1C(O)CC2CC(=CCCCC(=O)OC(C)c3ccccc3)CC21. The lowest BCUT2D eigenvalue weighted by Gasteiger charge is -2.19. The molecule has 2 aliphatic carbocycles. The first kappa shape index (κ1) is 26.3. The Labute approximate surface area is 205 Å². The molecule has 3 rings (SSSR count). The van der Waals surface area contributed by atoms with Gasteiger partial charge in [-0.15, -0.1) is 11.8 Å². The number of aliphatic hydroxyl groups excluding tert-OH is 2. The number of carbonyl (C=O) groups is 1. The standard InChI is InChI=1S/C30H40O4/c1-4-5-11-21(2)28(31)17-16-26-27-19-23(18-25(27)20-29(26)32)12-9-10-15-30(33)34-22(3)24-13-7-6-8-14-24/h6-8,12-14,16-17,21-22,25-29,31-32H,9-11,15,18-20H2,1-3H3. The van der Waals surface area contributed by atoms with E-state index in [2.05, 4.69) is 17.9 Å². The van der Waals surface area contributed by atoms with Gasteiger partial charge in [-0.25, -0.2) is 0 Å². The number of allylic oxidation sites excluding steroid dienone is 2. The lowest BCUT2D eigenvalue weighted by atomic mass is 9.89. The summed E-state index contributed by atoms with van der Waals surface area (Å²) in [7, 11) is 0. The van der Waals surface area contributed by atoms with Gasteiger partial charge in [-0.2, -0.15) is 0 Å². The molecule has 1 aromatic rings. The highest BCUT2D eigenvalue weighted by molar-refractivity contribution is 5.69. The Bertz CT molecular complexity index is 907. The second-order valence-electron chi connectivity index (χ2n) is 9.99. The number of esters is 1. The van der Waals surface area contributed by atoms with E-state index in [1.807, 2.05) is 63.3 Å². The molecule has 2 fully saturated rings. The number of hydrogen-bond donors (Lipinski definition) is 2. The van der Waals surface area contributed by atoms with Crippen LogP contribution in [0.1, 0.15) is 77.4 Å². The van der Waals surface area contributed by atoms with Crippen molar-refractivity contribution in [3.05, 3.63) is 59.7 Å². The number of hydrogen-bond acceptors (Lipinski definition) is 4. The first-order chi connectivity index (χ1) is 16.4. The highest BCUT2D eigenvalue weighted by atomic mass is 16.5. The molecule has 0 radical (unpaired) electrons. The summed E-state index contributed by atoms with van der Waals surface area (Å²) in [6.07, 6.45) is 10.7. The number of aliphatic hydroxyl groups is 2. The summed E-state index contributed by atoms with van der Waals surface area (Å²) in [5, 5.41) is 21.0. The number of fused-ring (bicyclic) bond motifs is 1. The van der Waals surface area contributed by atoms with Gasteiger partial charge >= 0.3 is 5.97 Å². The summed E-state index contributed by atoms with van der Waals surface area (Å²) in [4.78, 5) is 12.2. The molecule has 7 atom stereocenters. The molecule has 0 bridgehead atoms. The third-order valence-corrected chi connectivity index (χ3v) is 7.42. The third-order valence-electron chi connectivity index (χ3n) is 7.42. The Morgan fingerprint density at radius 3 is 2.74 bits per heavy atom. The van der Waals surface area contributed by atoms with Crippen molar-refractivity contribution in [2.45, 2.75) is 84.0 Å².